The number of methoxy groups -OCH3 is 1. The molecule has 0 spiro atoms. The Morgan fingerprint density at radius 2 is 1.65 bits per heavy atom. The van der Waals surface area contributed by atoms with Crippen LogP contribution in [0.5, 0.6) is 17.2 Å². The zero-order valence-corrected chi connectivity index (χ0v) is 20.9. The third-order valence-corrected chi connectivity index (χ3v) is 6.12. The maximum Gasteiger partial charge on any atom is 1.00 e. The van der Waals surface area contributed by atoms with E-state index < -0.39 is 0 Å². The Morgan fingerprint density at radius 1 is 0.968 bits per heavy atom. The number of hydrogen-bond donors (Lipinski definition) is 0. The van der Waals surface area contributed by atoms with Gasteiger partial charge in [-0.05, 0) is 45.7 Å². The van der Waals surface area contributed by atoms with E-state index in [1.54, 1.807) is 25.3 Å². The van der Waals surface area contributed by atoms with Crippen molar-refractivity contribution in [3.05, 3.63) is 47.0 Å². The number of unbranched alkanes of at least 4 members (excludes halogenated alkanes) is 4. The minimum atomic E-state index is -0.123. The van der Waals surface area contributed by atoms with Gasteiger partial charge in [0.2, 0.25) is 0 Å². The average Bonchev–Trinajstić information content (AvgIpc) is 2.75. The van der Waals surface area contributed by atoms with Crippen LogP contribution in [0.25, 0.3) is 0 Å². The van der Waals surface area contributed by atoms with Crippen LogP contribution in [0, 0.1) is 0 Å². The molecular weight excluding hydrogens is 426 g/mol. The first-order valence-corrected chi connectivity index (χ1v) is 12.0. The van der Waals surface area contributed by atoms with E-state index in [0.29, 0.717) is 35.3 Å². The van der Waals surface area contributed by atoms with E-state index in [0.717, 1.165) is 49.6 Å². The fourth-order valence-electron chi connectivity index (χ4n) is 2.97. The van der Waals surface area contributed by atoms with Gasteiger partial charge in [0.15, 0.2) is 5.52 Å². The number of halogens is 1. The van der Waals surface area contributed by atoms with Gasteiger partial charge in [-0.15, -0.1) is 0 Å². The molecule has 0 saturated carbocycles. The summed E-state index contributed by atoms with van der Waals surface area (Å²) >= 11 is 6.29. The molecule has 0 aliphatic carbocycles. The van der Waals surface area contributed by atoms with Crippen LogP contribution in [0.2, 0.25) is 5.02 Å². The second-order valence-electron chi connectivity index (χ2n) is 7.04. The van der Waals surface area contributed by atoms with Crippen molar-refractivity contribution in [1.82, 2.24) is 0 Å². The molecule has 166 valence electrons. The maximum atomic E-state index is 13.0. The molecule has 1 unspecified atom stereocenters. The molecule has 1 atom stereocenters. The largest absolute Gasteiger partial charge is 1.00 e. The summed E-state index contributed by atoms with van der Waals surface area (Å²) in [4.78, 5) is 13.0. The predicted octanol–water partition coefficient (Wildman–Crippen LogP) is 3.75. The first-order chi connectivity index (χ1) is 14.6. The number of hydrogen-bond acceptors (Lipinski definition) is 4. The fraction of sp³-hybridized carbons (Fsp3) is 0.458. The SMILES string of the molecule is CCCCCOc1ccc(PC(=O)c2c(Cl)cccc2OC)c(OCCCCC)c1.[H-].[Li+]. The van der Waals surface area contributed by atoms with E-state index >= 15 is 0 Å². The minimum Gasteiger partial charge on any atom is -1.00 e. The van der Waals surface area contributed by atoms with E-state index in [-0.39, 0.29) is 34.4 Å². The molecule has 2 aromatic carbocycles. The van der Waals surface area contributed by atoms with Gasteiger partial charge < -0.3 is 15.6 Å². The second kappa shape index (κ2) is 15.6. The van der Waals surface area contributed by atoms with Crippen molar-refractivity contribution in [3.8, 4) is 17.2 Å². The standard InChI is InChI=1S/C24H32ClO4P.Li.H/c1-4-6-8-15-28-18-13-14-22(21(17-18)29-16-9-7-5-2)30-24(26)23-19(25)11-10-12-20(23)27-3;;/h10-14,17,30H,4-9,15-16H2,1-3H3;;/q;+1;-1. The Hall–Kier alpha value is -1.17. The van der Waals surface area contributed by atoms with Gasteiger partial charge in [-0.2, -0.15) is 0 Å². The van der Waals surface area contributed by atoms with Crippen LogP contribution in [0.4, 0.5) is 0 Å². The summed E-state index contributed by atoms with van der Waals surface area (Å²) in [6.45, 7) is 5.63. The van der Waals surface area contributed by atoms with Gasteiger partial charge in [-0.1, -0.05) is 57.2 Å². The van der Waals surface area contributed by atoms with Crippen molar-refractivity contribution in [2.24, 2.45) is 0 Å². The van der Waals surface area contributed by atoms with E-state index in [2.05, 4.69) is 13.8 Å². The zero-order chi connectivity index (χ0) is 21.8. The van der Waals surface area contributed by atoms with Gasteiger partial charge in [0.05, 0.1) is 30.9 Å². The summed E-state index contributed by atoms with van der Waals surface area (Å²) in [5.74, 6) is 1.96. The molecule has 0 aliphatic rings. The molecule has 0 bridgehead atoms. The molecule has 0 saturated heterocycles. The second-order valence-corrected chi connectivity index (χ2v) is 8.69. The third kappa shape index (κ3) is 9.07. The molecule has 2 aromatic rings. The number of ether oxygens (including phenoxy) is 3. The van der Waals surface area contributed by atoms with Gasteiger partial charge in [-0.3, -0.25) is 4.79 Å². The maximum absolute atomic E-state index is 13.0. The molecule has 0 heterocycles. The summed E-state index contributed by atoms with van der Waals surface area (Å²) in [5, 5.41) is 1.24. The fourth-order valence-corrected chi connectivity index (χ4v) is 4.36. The van der Waals surface area contributed by atoms with Crippen LogP contribution in [0.1, 0.15) is 64.2 Å². The minimum absolute atomic E-state index is 0. The average molecular weight is 459 g/mol. The molecule has 0 fully saturated rings. The number of rotatable bonds is 14. The summed E-state index contributed by atoms with van der Waals surface area (Å²) in [6, 6.07) is 11.0. The van der Waals surface area contributed by atoms with Gasteiger partial charge in [0.25, 0.3) is 0 Å². The smallest absolute Gasteiger partial charge is 1.00 e. The van der Waals surface area contributed by atoms with Crippen LogP contribution in [-0.2, 0) is 0 Å². The predicted molar refractivity (Wildman–Crippen MR) is 128 cm³/mol. The van der Waals surface area contributed by atoms with Crippen LogP contribution in [0.15, 0.2) is 36.4 Å². The summed E-state index contributed by atoms with van der Waals surface area (Å²) in [7, 11) is 1.42. The molecule has 0 aliphatic heterocycles. The molecule has 0 radical (unpaired) electrons. The Labute approximate surface area is 206 Å². The van der Waals surface area contributed by atoms with Crippen molar-refractivity contribution in [2.75, 3.05) is 20.3 Å². The van der Waals surface area contributed by atoms with Gasteiger partial charge in [0, 0.05) is 11.4 Å². The molecule has 7 heteroatoms. The summed E-state index contributed by atoms with van der Waals surface area (Å²) < 4.78 is 17.3. The van der Waals surface area contributed by atoms with Crippen molar-refractivity contribution in [1.29, 1.82) is 0 Å². The topological polar surface area (TPSA) is 44.8 Å². The Kier molecular flexibility index (Phi) is 14.0. The van der Waals surface area contributed by atoms with Crippen LogP contribution in [0.3, 0.4) is 0 Å². The summed E-state index contributed by atoms with van der Waals surface area (Å²) in [5.41, 5.74) is 0.337. The monoisotopic (exact) mass is 458 g/mol. The van der Waals surface area contributed by atoms with Crippen molar-refractivity contribution >= 4 is 31.0 Å². The Bertz CT molecular complexity index is 823. The van der Waals surface area contributed by atoms with Gasteiger partial charge in [0.1, 0.15) is 17.2 Å². The van der Waals surface area contributed by atoms with Crippen molar-refractivity contribution in [2.45, 2.75) is 52.4 Å². The first-order valence-electron chi connectivity index (χ1n) is 10.6. The first kappa shape index (κ1) is 27.9. The normalized spacial score (nSPS) is 10.7. The quantitative estimate of drug-likeness (QED) is 0.246. The molecule has 0 aromatic heterocycles. The van der Waals surface area contributed by atoms with Gasteiger partial charge in [-0.25, -0.2) is 0 Å². The molecule has 4 nitrogen and oxygen atoms in total. The van der Waals surface area contributed by atoms with Gasteiger partial charge >= 0.3 is 18.9 Å². The van der Waals surface area contributed by atoms with Crippen molar-refractivity contribution < 1.29 is 39.3 Å². The van der Waals surface area contributed by atoms with Crippen molar-refractivity contribution in [3.63, 3.8) is 0 Å². The number of benzene rings is 2. The van der Waals surface area contributed by atoms with Crippen LogP contribution < -0.4 is 38.4 Å². The zero-order valence-electron chi connectivity index (χ0n) is 20.1. The van der Waals surface area contributed by atoms with E-state index in [4.69, 9.17) is 25.8 Å². The number of carbonyl (C=O) groups is 1. The molecule has 0 N–H and O–H groups in total. The molecule has 0 amide bonds. The Balaban J connectivity index is 0.00000480. The Morgan fingerprint density at radius 3 is 2.29 bits per heavy atom. The third-order valence-electron chi connectivity index (χ3n) is 4.65. The summed E-state index contributed by atoms with van der Waals surface area (Å²) in [6.07, 6.45) is 6.55. The van der Waals surface area contributed by atoms with Crippen LogP contribution >= 0.6 is 20.2 Å². The van der Waals surface area contributed by atoms with E-state index in [1.807, 2.05) is 18.2 Å². The molecule has 2 rings (SSSR count). The van der Waals surface area contributed by atoms with E-state index in [9.17, 15) is 4.79 Å². The van der Waals surface area contributed by atoms with Crippen LogP contribution in [-0.4, -0.2) is 25.8 Å². The molecule has 31 heavy (non-hydrogen) atoms. The number of carbonyl (C=O) groups excluding carboxylic acids is 1. The molecular formula is C24H33ClLiO4P. The van der Waals surface area contributed by atoms with E-state index in [1.165, 1.54) is 0 Å².